The van der Waals surface area contributed by atoms with Gasteiger partial charge in [-0.1, -0.05) is 54.6 Å². The van der Waals surface area contributed by atoms with Gasteiger partial charge in [0.25, 0.3) is 0 Å². The molecule has 0 unspecified atom stereocenters. The molecule has 0 aliphatic carbocycles. The van der Waals surface area contributed by atoms with E-state index in [1.54, 1.807) is 0 Å². The minimum Gasteiger partial charge on any atom is -0.487 e. The summed E-state index contributed by atoms with van der Waals surface area (Å²) in [5, 5.41) is 3.20. The van der Waals surface area contributed by atoms with Crippen molar-refractivity contribution in [2.75, 3.05) is 0 Å². The Hall–Kier alpha value is -4.31. The van der Waals surface area contributed by atoms with Crippen LogP contribution in [0.5, 0.6) is 5.75 Å². The van der Waals surface area contributed by atoms with E-state index in [9.17, 15) is 0 Å². The van der Waals surface area contributed by atoms with Crippen LogP contribution in [-0.2, 0) is 6.61 Å². The first-order valence-corrected chi connectivity index (χ1v) is 10.6. The number of benzene rings is 3. The second kappa shape index (κ2) is 7.75. The summed E-state index contributed by atoms with van der Waals surface area (Å²) in [6.45, 7) is 0.502. The van der Waals surface area contributed by atoms with Gasteiger partial charge in [-0.3, -0.25) is 15.0 Å². The van der Waals surface area contributed by atoms with Gasteiger partial charge in [-0.2, -0.15) is 0 Å². The quantitative estimate of drug-likeness (QED) is 0.306. The summed E-state index contributed by atoms with van der Waals surface area (Å²) >= 11 is 0. The number of aromatic nitrogens is 3. The molecule has 0 saturated carbocycles. The molecule has 3 aromatic carbocycles. The van der Waals surface area contributed by atoms with Gasteiger partial charge in [-0.05, 0) is 47.0 Å². The van der Waals surface area contributed by atoms with Crippen LogP contribution in [0, 0.1) is 0 Å². The van der Waals surface area contributed by atoms with Gasteiger partial charge >= 0.3 is 0 Å². The van der Waals surface area contributed by atoms with E-state index in [0.717, 1.165) is 55.1 Å². The molecule has 0 N–H and O–H groups in total. The first-order valence-electron chi connectivity index (χ1n) is 10.6. The average molecular weight is 413 g/mol. The van der Waals surface area contributed by atoms with Crippen molar-refractivity contribution < 1.29 is 4.74 Å². The molecule has 6 aromatic rings. The Kier molecular flexibility index (Phi) is 4.47. The molecule has 0 radical (unpaired) electrons. The summed E-state index contributed by atoms with van der Waals surface area (Å²) in [5.41, 5.74) is 6.00. The fraction of sp³-hybridized carbons (Fsp3) is 0.0357. The van der Waals surface area contributed by atoms with Crippen LogP contribution in [0.15, 0.2) is 104 Å². The Morgan fingerprint density at radius 3 is 2.19 bits per heavy atom. The summed E-state index contributed by atoms with van der Waals surface area (Å²) in [6.07, 6.45) is 5.48. The van der Waals surface area contributed by atoms with Crippen LogP contribution in [0.4, 0.5) is 0 Å². The monoisotopic (exact) mass is 413 g/mol. The molecule has 0 fully saturated rings. The van der Waals surface area contributed by atoms with Crippen LogP contribution in [0.1, 0.15) is 5.56 Å². The molecule has 32 heavy (non-hydrogen) atoms. The SMILES string of the molecule is c1ccc(COc2ccc(-c3ccnc4c3ccc3cccnc34)c3cccnc23)cc1. The summed E-state index contributed by atoms with van der Waals surface area (Å²) in [6, 6.07) is 28.7. The number of pyridine rings is 3. The molecular weight excluding hydrogens is 394 g/mol. The summed E-state index contributed by atoms with van der Waals surface area (Å²) < 4.78 is 6.16. The van der Waals surface area contributed by atoms with Crippen LogP contribution in [0.2, 0.25) is 0 Å². The van der Waals surface area contributed by atoms with Crippen LogP contribution in [-0.4, -0.2) is 15.0 Å². The first-order chi connectivity index (χ1) is 15.9. The standard InChI is InChI=1S/C28H19N3O/c1-2-6-19(7-3-1)18-32-25-13-12-21(23-9-5-16-30-27(23)25)22-14-17-31-28-24(22)11-10-20-8-4-15-29-26(20)28/h1-17H,18H2. The zero-order chi connectivity index (χ0) is 21.3. The van der Waals surface area contributed by atoms with Crippen LogP contribution in [0.3, 0.4) is 0 Å². The van der Waals surface area contributed by atoms with Gasteiger partial charge in [0.15, 0.2) is 0 Å². The van der Waals surface area contributed by atoms with Gasteiger partial charge in [-0.15, -0.1) is 0 Å². The first kappa shape index (κ1) is 18.5. The second-order valence-electron chi connectivity index (χ2n) is 7.68. The van der Waals surface area contributed by atoms with Crippen molar-refractivity contribution in [2.45, 2.75) is 6.61 Å². The van der Waals surface area contributed by atoms with Gasteiger partial charge < -0.3 is 4.74 Å². The molecule has 0 amide bonds. The maximum atomic E-state index is 6.16. The lowest BCUT2D eigenvalue weighted by molar-refractivity contribution is 0.309. The maximum absolute atomic E-state index is 6.16. The lowest BCUT2D eigenvalue weighted by Crippen LogP contribution is -1.97. The van der Waals surface area contributed by atoms with Crippen LogP contribution >= 0.6 is 0 Å². The normalized spacial score (nSPS) is 11.2. The minimum absolute atomic E-state index is 0.502. The Labute approximate surface area is 185 Å². The lowest BCUT2D eigenvalue weighted by atomic mass is 9.96. The van der Waals surface area contributed by atoms with E-state index >= 15 is 0 Å². The van der Waals surface area contributed by atoms with Crippen LogP contribution < -0.4 is 4.74 Å². The van der Waals surface area contributed by atoms with E-state index in [-0.39, 0.29) is 0 Å². The second-order valence-corrected chi connectivity index (χ2v) is 7.68. The highest BCUT2D eigenvalue weighted by atomic mass is 16.5. The van der Waals surface area contributed by atoms with Crippen molar-refractivity contribution in [3.05, 3.63) is 109 Å². The Bertz CT molecular complexity index is 1580. The van der Waals surface area contributed by atoms with Gasteiger partial charge in [-0.25, -0.2) is 0 Å². The van der Waals surface area contributed by atoms with Crippen molar-refractivity contribution >= 4 is 32.7 Å². The molecule has 0 aliphatic heterocycles. The molecule has 0 atom stereocenters. The predicted octanol–water partition coefficient (Wildman–Crippen LogP) is 6.58. The van der Waals surface area contributed by atoms with E-state index in [2.05, 4.69) is 63.5 Å². The fourth-order valence-electron chi connectivity index (χ4n) is 4.22. The third-order valence-electron chi connectivity index (χ3n) is 5.74. The van der Waals surface area contributed by atoms with E-state index < -0.39 is 0 Å². The van der Waals surface area contributed by atoms with E-state index in [4.69, 9.17) is 4.74 Å². The molecule has 6 rings (SSSR count). The Morgan fingerprint density at radius 2 is 1.28 bits per heavy atom. The summed E-state index contributed by atoms with van der Waals surface area (Å²) in [4.78, 5) is 13.9. The molecule has 0 aliphatic rings. The molecule has 3 heterocycles. The molecular formula is C28H19N3O. The number of fused-ring (bicyclic) bond motifs is 4. The Morgan fingerprint density at radius 1 is 0.531 bits per heavy atom. The van der Waals surface area contributed by atoms with Gasteiger partial charge in [0.2, 0.25) is 0 Å². The highest BCUT2D eigenvalue weighted by Gasteiger charge is 2.14. The fourth-order valence-corrected chi connectivity index (χ4v) is 4.22. The summed E-state index contributed by atoms with van der Waals surface area (Å²) in [5.74, 6) is 0.777. The molecule has 0 saturated heterocycles. The molecule has 3 aromatic heterocycles. The van der Waals surface area contributed by atoms with Crippen molar-refractivity contribution in [3.8, 4) is 16.9 Å². The van der Waals surface area contributed by atoms with E-state index in [1.807, 2.05) is 55.0 Å². The predicted molar refractivity (Wildman–Crippen MR) is 129 cm³/mol. The molecule has 4 nitrogen and oxygen atoms in total. The number of hydrogen-bond donors (Lipinski definition) is 0. The zero-order valence-corrected chi connectivity index (χ0v) is 17.3. The maximum Gasteiger partial charge on any atom is 0.146 e. The topological polar surface area (TPSA) is 47.9 Å². The highest BCUT2D eigenvalue weighted by molar-refractivity contribution is 6.11. The van der Waals surface area contributed by atoms with Crippen molar-refractivity contribution in [3.63, 3.8) is 0 Å². The molecule has 0 spiro atoms. The highest BCUT2D eigenvalue weighted by Crippen LogP contribution is 2.37. The zero-order valence-electron chi connectivity index (χ0n) is 17.3. The number of nitrogens with zero attached hydrogens (tertiary/aromatic N) is 3. The smallest absolute Gasteiger partial charge is 0.146 e. The van der Waals surface area contributed by atoms with Crippen LogP contribution in [0.25, 0.3) is 43.8 Å². The van der Waals surface area contributed by atoms with Crippen molar-refractivity contribution in [2.24, 2.45) is 0 Å². The van der Waals surface area contributed by atoms with E-state index in [0.29, 0.717) is 6.61 Å². The van der Waals surface area contributed by atoms with Gasteiger partial charge in [0, 0.05) is 34.7 Å². The summed E-state index contributed by atoms with van der Waals surface area (Å²) in [7, 11) is 0. The van der Waals surface area contributed by atoms with Gasteiger partial charge in [0.05, 0.1) is 11.0 Å². The Balaban J connectivity index is 1.50. The molecule has 152 valence electrons. The lowest BCUT2D eigenvalue weighted by Gasteiger charge is -2.14. The largest absolute Gasteiger partial charge is 0.487 e. The molecule has 4 heteroatoms. The number of ether oxygens (including phenoxy) is 1. The van der Waals surface area contributed by atoms with Crippen molar-refractivity contribution in [1.82, 2.24) is 15.0 Å². The number of rotatable bonds is 4. The van der Waals surface area contributed by atoms with E-state index in [1.165, 1.54) is 0 Å². The third-order valence-corrected chi connectivity index (χ3v) is 5.74. The number of hydrogen-bond acceptors (Lipinski definition) is 4. The third kappa shape index (κ3) is 3.13. The van der Waals surface area contributed by atoms with Gasteiger partial charge in [0.1, 0.15) is 17.9 Å². The van der Waals surface area contributed by atoms with Crippen molar-refractivity contribution in [1.29, 1.82) is 0 Å². The minimum atomic E-state index is 0.502. The molecule has 0 bridgehead atoms. The average Bonchev–Trinajstić information content (AvgIpc) is 2.87.